The summed E-state index contributed by atoms with van der Waals surface area (Å²) < 4.78 is 5.86. The van der Waals surface area contributed by atoms with Crippen molar-refractivity contribution in [1.29, 1.82) is 0 Å². The van der Waals surface area contributed by atoms with E-state index in [1.165, 1.54) is 0 Å². The third kappa shape index (κ3) is 3.32. The van der Waals surface area contributed by atoms with Gasteiger partial charge in [-0.1, -0.05) is 0 Å². The van der Waals surface area contributed by atoms with Gasteiger partial charge in [0.05, 0.1) is 6.61 Å². The maximum Gasteiger partial charge on any atom is 0.150 e. The molecule has 1 saturated heterocycles. The molecule has 0 aromatic carbocycles. The van der Waals surface area contributed by atoms with Crippen LogP contribution in [0.4, 0.5) is 5.82 Å². The van der Waals surface area contributed by atoms with E-state index in [1.807, 2.05) is 19.4 Å². The topological polar surface area (TPSA) is 76.1 Å². The summed E-state index contributed by atoms with van der Waals surface area (Å²) >= 11 is 0. The van der Waals surface area contributed by atoms with Gasteiger partial charge in [0.25, 0.3) is 0 Å². The van der Waals surface area contributed by atoms with Gasteiger partial charge in [0.1, 0.15) is 23.9 Å². The van der Waals surface area contributed by atoms with E-state index in [0.29, 0.717) is 6.61 Å². The zero-order chi connectivity index (χ0) is 14.5. The standard InChI is InChI=1S/C14H18N6O/c1-15-14-13(18-2-3-19-14)12-9-20(4-5-21-12)8-11-6-16-10-17-7-11/h2-3,6-7,10,12H,4-5,8-9H2,1H3,(H,15,19)/t12-/m1/s1. The van der Waals surface area contributed by atoms with Gasteiger partial charge < -0.3 is 10.1 Å². The lowest BCUT2D eigenvalue weighted by molar-refractivity contribution is -0.0348. The van der Waals surface area contributed by atoms with Crippen molar-refractivity contribution in [1.82, 2.24) is 24.8 Å². The maximum absolute atomic E-state index is 5.86. The number of nitrogens with one attached hydrogen (secondary N) is 1. The van der Waals surface area contributed by atoms with Crippen LogP contribution in [0.3, 0.4) is 0 Å². The van der Waals surface area contributed by atoms with Crippen molar-refractivity contribution in [3.63, 3.8) is 0 Å². The lowest BCUT2D eigenvalue weighted by atomic mass is 10.2. The lowest BCUT2D eigenvalue weighted by Gasteiger charge is -2.32. The molecule has 0 bridgehead atoms. The van der Waals surface area contributed by atoms with Crippen molar-refractivity contribution in [2.24, 2.45) is 0 Å². The Hall–Kier alpha value is -2.12. The smallest absolute Gasteiger partial charge is 0.150 e. The molecule has 2 aromatic heterocycles. The average molecular weight is 286 g/mol. The summed E-state index contributed by atoms with van der Waals surface area (Å²) in [6.07, 6.45) is 8.54. The second kappa shape index (κ2) is 6.55. The predicted octanol–water partition coefficient (Wildman–Crippen LogP) is 0.882. The molecule has 2 aromatic rings. The van der Waals surface area contributed by atoms with Crippen molar-refractivity contribution in [2.45, 2.75) is 12.6 Å². The highest BCUT2D eigenvalue weighted by Gasteiger charge is 2.25. The molecule has 3 rings (SSSR count). The highest BCUT2D eigenvalue weighted by molar-refractivity contribution is 5.40. The lowest BCUT2D eigenvalue weighted by Crippen LogP contribution is -2.38. The molecule has 1 aliphatic rings. The maximum atomic E-state index is 5.86. The second-order valence-corrected chi connectivity index (χ2v) is 4.88. The van der Waals surface area contributed by atoms with Crippen molar-refractivity contribution in [3.8, 4) is 0 Å². The van der Waals surface area contributed by atoms with E-state index in [4.69, 9.17) is 4.74 Å². The second-order valence-electron chi connectivity index (χ2n) is 4.88. The van der Waals surface area contributed by atoms with Gasteiger partial charge in [0.2, 0.25) is 0 Å². The number of morpholine rings is 1. The van der Waals surface area contributed by atoms with Crippen molar-refractivity contribution in [2.75, 3.05) is 32.1 Å². The predicted molar refractivity (Wildman–Crippen MR) is 77.6 cm³/mol. The van der Waals surface area contributed by atoms with Gasteiger partial charge in [-0.15, -0.1) is 0 Å². The third-order valence-corrected chi connectivity index (χ3v) is 3.44. The molecule has 21 heavy (non-hydrogen) atoms. The molecule has 0 saturated carbocycles. The first-order chi connectivity index (χ1) is 10.4. The van der Waals surface area contributed by atoms with Crippen LogP contribution < -0.4 is 5.32 Å². The molecule has 1 N–H and O–H groups in total. The Bertz CT molecular complexity index is 579. The van der Waals surface area contributed by atoms with Gasteiger partial charge in [-0.05, 0) is 0 Å². The summed E-state index contributed by atoms with van der Waals surface area (Å²) in [4.78, 5) is 19.1. The molecule has 1 aliphatic heterocycles. The fourth-order valence-electron chi connectivity index (χ4n) is 2.46. The van der Waals surface area contributed by atoms with E-state index in [9.17, 15) is 0 Å². The van der Waals surface area contributed by atoms with Crippen LogP contribution in [0.5, 0.6) is 0 Å². The van der Waals surface area contributed by atoms with Crippen molar-refractivity contribution < 1.29 is 4.74 Å². The van der Waals surface area contributed by atoms with E-state index in [-0.39, 0.29) is 6.10 Å². The number of ether oxygens (including phenoxy) is 1. The average Bonchev–Trinajstić information content (AvgIpc) is 2.56. The van der Waals surface area contributed by atoms with Crippen LogP contribution >= 0.6 is 0 Å². The first kappa shape index (κ1) is 13.8. The van der Waals surface area contributed by atoms with Crippen LogP contribution in [0.2, 0.25) is 0 Å². The van der Waals surface area contributed by atoms with E-state index < -0.39 is 0 Å². The number of hydrogen-bond donors (Lipinski definition) is 1. The van der Waals surface area contributed by atoms with E-state index in [2.05, 4.69) is 30.2 Å². The van der Waals surface area contributed by atoms with Gasteiger partial charge in [-0.2, -0.15) is 0 Å². The summed E-state index contributed by atoms with van der Waals surface area (Å²) in [5.74, 6) is 0.771. The molecule has 7 heteroatoms. The zero-order valence-corrected chi connectivity index (χ0v) is 11.9. The molecule has 7 nitrogen and oxygen atoms in total. The number of rotatable bonds is 4. The Kier molecular flexibility index (Phi) is 4.32. The Morgan fingerprint density at radius 1 is 1.29 bits per heavy atom. The Morgan fingerprint density at radius 3 is 2.90 bits per heavy atom. The molecule has 110 valence electrons. The largest absolute Gasteiger partial charge is 0.372 e. The SMILES string of the molecule is CNc1nccnc1[C@H]1CN(Cc2cncnc2)CCO1. The summed E-state index contributed by atoms with van der Waals surface area (Å²) in [5, 5.41) is 3.07. The van der Waals surface area contributed by atoms with E-state index in [0.717, 1.165) is 36.7 Å². The first-order valence-corrected chi connectivity index (χ1v) is 6.93. The fraction of sp³-hybridized carbons (Fsp3) is 0.429. The summed E-state index contributed by atoms with van der Waals surface area (Å²) in [7, 11) is 1.84. The Labute approximate surface area is 123 Å². The molecule has 0 radical (unpaired) electrons. The van der Waals surface area contributed by atoms with Crippen LogP contribution in [-0.4, -0.2) is 51.6 Å². The molecular weight excluding hydrogens is 268 g/mol. The minimum absolute atomic E-state index is 0.0699. The normalized spacial score (nSPS) is 19.4. The molecule has 1 atom stereocenters. The summed E-state index contributed by atoms with van der Waals surface area (Å²) in [5.41, 5.74) is 1.96. The highest BCUT2D eigenvalue weighted by Crippen LogP contribution is 2.25. The minimum Gasteiger partial charge on any atom is -0.372 e. The molecule has 0 spiro atoms. The first-order valence-electron chi connectivity index (χ1n) is 6.93. The van der Waals surface area contributed by atoms with Crippen LogP contribution in [0.1, 0.15) is 17.4 Å². The molecule has 1 fully saturated rings. The van der Waals surface area contributed by atoms with E-state index in [1.54, 1.807) is 18.7 Å². The molecule has 3 heterocycles. The molecule has 0 aliphatic carbocycles. The molecule has 0 unspecified atom stereocenters. The number of hydrogen-bond acceptors (Lipinski definition) is 7. The van der Waals surface area contributed by atoms with E-state index >= 15 is 0 Å². The Morgan fingerprint density at radius 2 is 2.10 bits per heavy atom. The fourth-order valence-corrected chi connectivity index (χ4v) is 2.46. The Balaban J connectivity index is 1.71. The van der Waals surface area contributed by atoms with Gasteiger partial charge in [0.15, 0.2) is 0 Å². The van der Waals surface area contributed by atoms with Crippen LogP contribution in [0.25, 0.3) is 0 Å². The zero-order valence-electron chi connectivity index (χ0n) is 11.9. The third-order valence-electron chi connectivity index (χ3n) is 3.44. The molecular formula is C14H18N6O. The highest BCUT2D eigenvalue weighted by atomic mass is 16.5. The summed E-state index contributed by atoms with van der Waals surface area (Å²) in [6, 6.07) is 0. The molecule has 0 amide bonds. The summed E-state index contributed by atoms with van der Waals surface area (Å²) in [6.45, 7) is 3.16. The monoisotopic (exact) mass is 286 g/mol. The van der Waals surface area contributed by atoms with Gasteiger partial charge in [-0.25, -0.2) is 15.0 Å². The van der Waals surface area contributed by atoms with Crippen molar-refractivity contribution in [3.05, 3.63) is 42.4 Å². The number of aromatic nitrogens is 4. The number of nitrogens with zero attached hydrogens (tertiary/aromatic N) is 5. The van der Waals surface area contributed by atoms with Gasteiger partial charge in [0, 0.05) is 57.0 Å². The number of anilines is 1. The van der Waals surface area contributed by atoms with Gasteiger partial charge in [-0.3, -0.25) is 9.88 Å². The van der Waals surface area contributed by atoms with Crippen LogP contribution in [0, 0.1) is 0 Å². The van der Waals surface area contributed by atoms with Crippen LogP contribution in [0.15, 0.2) is 31.1 Å². The van der Waals surface area contributed by atoms with Gasteiger partial charge >= 0.3 is 0 Å². The van der Waals surface area contributed by atoms with Crippen molar-refractivity contribution >= 4 is 5.82 Å². The minimum atomic E-state index is -0.0699. The van der Waals surface area contributed by atoms with Crippen LogP contribution in [-0.2, 0) is 11.3 Å². The quantitative estimate of drug-likeness (QED) is 0.894.